The molecule has 0 N–H and O–H groups in total. The third-order valence-electron chi connectivity index (χ3n) is 1.25. The van der Waals surface area contributed by atoms with Crippen LogP contribution in [0.25, 0.3) is 5.69 Å². The Balaban J connectivity index is 2.48. The molecule has 0 bridgehead atoms. The van der Waals surface area contributed by atoms with Crippen LogP contribution in [-0.2, 0) is 0 Å². The number of hydrogen-bond donors (Lipinski definition) is 0. The molecule has 5 nitrogen and oxygen atoms in total. The molecule has 0 saturated carbocycles. The van der Waals surface area contributed by atoms with E-state index in [0.717, 1.165) is 0 Å². The molecule has 0 saturated heterocycles. The van der Waals surface area contributed by atoms with Gasteiger partial charge in [0, 0.05) is 6.20 Å². The molecule has 2 aromatic rings. The highest BCUT2D eigenvalue weighted by molar-refractivity contribution is 6.30. The molecule has 0 spiro atoms. The van der Waals surface area contributed by atoms with Crippen molar-refractivity contribution in [2.75, 3.05) is 0 Å². The lowest BCUT2D eigenvalue weighted by Crippen LogP contribution is -1.95. The van der Waals surface area contributed by atoms with Gasteiger partial charge in [-0.1, -0.05) is 11.6 Å². The first-order valence-corrected chi connectivity index (χ1v) is 3.51. The van der Waals surface area contributed by atoms with Crippen LogP contribution in [-0.4, -0.2) is 25.2 Å². The van der Waals surface area contributed by atoms with Crippen LogP contribution in [0.1, 0.15) is 0 Å². The standard InChI is InChI=1S/C6H3ClN5/c7-5-1-6(3-8-2-5)12-4-9-10-11-12/h1-3H. The van der Waals surface area contributed by atoms with Gasteiger partial charge in [0.05, 0.1) is 16.9 Å². The maximum absolute atomic E-state index is 5.70. The molecule has 0 aromatic carbocycles. The molecule has 12 heavy (non-hydrogen) atoms. The fourth-order valence-corrected chi connectivity index (χ4v) is 0.936. The number of halogens is 1. The third kappa shape index (κ3) is 1.26. The van der Waals surface area contributed by atoms with Crippen molar-refractivity contribution in [3.05, 3.63) is 29.8 Å². The van der Waals surface area contributed by atoms with Crippen LogP contribution in [0.5, 0.6) is 0 Å². The van der Waals surface area contributed by atoms with Gasteiger partial charge in [0.25, 0.3) is 0 Å². The second kappa shape index (κ2) is 2.86. The Bertz CT molecular complexity index is 371. The summed E-state index contributed by atoms with van der Waals surface area (Å²) in [6, 6.07) is 1.70. The van der Waals surface area contributed by atoms with Gasteiger partial charge in [0.1, 0.15) is 0 Å². The maximum atomic E-state index is 5.70. The molecule has 0 atom stereocenters. The molecule has 0 fully saturated rings. The van der Waals surface area contributed by atoms with Gasteiger partial charge in [-0.05, 0) is 16.5 Å². The first-order valence-electron chi connectivity index (χ1n) is 3.13. The van der Waals surface area contributed by atoms with E-state index in [-0.39, 0.29) is 0 Å². The zero-order valence-electron chi connectivity index (χ0n) is 5.85. The number of tetrazole rings is 1. The summed E-state index contributed by atoms with van der Waals surface area (Å²) >= 11 is 5.70. The molecular weight excluding hydrogens is 178 g/mol. The third-order valence-corrected chi connectivity index (χ3v) is 1.46. The van der Waals surface area contributed by atoms with Gasteiger partial charge in [-0.3, -0.25) is 4.98 Å². The molecule has 2 aromatic heterocycles. The molecule has 0 aliphatic rings. The summed E-state index contributed by atoms with van der Waals surface area (Å²) < 4.78 is 1.36. The number of rotatable bonds is 1. The highest BCUT2D eigenvalue weighted by Gasteiger charge is 1.98. The molecule has 0 amide bonds. The highest BCUT2D eigenvalue weighted by Crippen LogP contribution is 2.10. The summed E-state index contributed by atoms with van der Waals surface area (Å²) in [5, 5.41) is 11.0. The first-order chi connectivity index (χ1) is 5.86. The highest BCUT2D eigenvalue weighted by atomic mass is 35.5. The predicted molar refractivity (Wildman–Crippen MR) is 40.8 cm³/mol. The van der Waals surface area contributed by atoms with Crippen LogP contribution in [0.3, 0.4) is 0 Å². The van der Waals surface area contributed by atoms with Gasteiger partial charge in [-0.2, -0.15) is 4.68 Å². The lowest BCUT2D eigenvalue weighted by Gasteiger charge is -1.96. The SMILES string of the molecule is Clc1cncc(-n2[c]nnn2)c1. The van der Waals surface area contributed by atoms with Crippen molar-refractivity contribution >= 4 is 11.6 Å². The van der Waals surface area contributed by atoms with Crippen molar-refractivity contribution in [3.63, 3.8) is 0 Å². The van der Waals surface area contributed by atoms with Gasteiger partial charge >= 0.3 is 0 Å². The van der Waals surface area contributed by atoms with Crippen molar-refractivity contribution in [2.24, 2.45) is 0 Å². The van der Waals surface area contributed by atoms with Gasteiger partial charge < -0.3 is 0 Å². The Hall–Kier alpha value is -1.49. The average Bonchev–Trinajstić information content (AvgIpc) is 2.56. The maximum Gasteiger partial charge on any atom is 0.226 e. The van der Waals surface area contributed by atoms with E-state index in [1.54, 1.807) is 12.3 Å². The van der Waals surface area contributed by atoms with Crippen molar-refractivity contribution in [2.45, 2.75) is 0 Å². The molecule has 0 aliphatic carbocycles. The molecular formula is C6H3ClN5. The van der Waals surface area contributed by atoms with E-state index in [9.17, 15) is 0 Å². The second-order valence-corrected chi connectivity index (χ2v) is 2.49. The Kier molecular flexibility index (Phi) is 1.71. The lowest BCUT2D eigenvalue weighted by molar-refractivity contribution is 0.784. The quantitative estimate of drug-likeness (QED) is 0.642. The predicted octanol–water partition coefficient (Wildman–Crippen LogP) is 0.511. The lowest BCUT2D eigenvalue weighted by atomic mass is 10.4. The number of nitrogens with zero attached hydrogens (tertiary/aromatic N) is 5. The summed E-state index contributed by atoms with van der Waals surface area (Å²) in [6.45, 7) is 0. The van der Waals surface area contributed by atoms with Gasteiger partial charge in [-0.25, -0.2) is 0 Å². The second-order valence-electron chi connectivity index (χ2n) is 2.05. The number of pyridine rings is 1. The topological polar surface area (TPSA) is 56.5 Å². The van der Waals surface area contributed by atoms with E-state index in [2.05, 4.69) is 26.8 Å². The van der Waals surface area contributed by atoms with E-state index < -0.39 is 0 Å². The fourth-order valence-electron chi connectivity index (χ4n) is 0.768. The monoisotopic (exact) mass is 180 g/mol. The van der Waals surface area contributed by atoms with Gasteiger partial charge in [0.15, 0.2) is 0 Å². The van der Waals surface area contributed by atoms with Crippen LogP contribution in [0.15, 0.2) is 18.5 Å². The van der Waals surface area contributed by atoms with E-state index >= 15 is 0 Å². The van der Waals surface area contributed by atoms with Crippen molar-refractivity contribution < 1.29 is 0 Å². The minimum atomic E-state index is 0.538. The van der Waals surface area contributed by atoms with Crippen LogP contribution in [0.4, 0.5) is 0 Å². The smallest absolute Gasteiger partial charge is 0.226 e. The molecule has 0 unspecified atom stereocenters. The molecule has 6 heteroatoms. The van der Waals surface area contributed by atoms with E-state index in [1.807, 2.05) is 0 Å². The normalized spacial score (nSPS) is 10.1. The molecule has 0 aliphatic heterocycles. The Morgan fingerprint density at radius 2 is 2.33 bits per heavy atom. The number of hydrogen-bond acceptors (Lipinski definition) is 4. The summed E-state index contributed by atoms with van der Waals surface area (Å²) in [7, 11) is 0. The van der Waals surface area contributed by atoms with Crippen molar-refractivity contribution in [1.29, 1.82) is 0 Å². The molecule has 1 radical (unpaired) electrons. The molecule has 2 heterocycles. The summed E-state index contributed by atoms with van der Waals surface area (Å²) in [4.78, 5) is 3.87. The fraction of sp³-hybridized carbons (Fsp3) is 0. The Labute approximate surface area is 73.0 Å². The van der Waals surface area contributed by atoms with Crippen LogP contribution in [0, 0.1) is 6.33 Å². The zero-order chi connectivity index (χ0) is 8.39. The Morgan fingerprint density at radius 1 is 1.42 bits per heavy atom. The van der Waals surface area contributed by atoms with Crippen LogP contribution >= 0.6 is 11.6 Å². The van der Waals surface area contributed by atoms with Crippen molar-refractivity contribution in [3.8, 4) is 5.69 Å². The van der Waals surface area contributed by atoms with Gasteiger partial charge in [0.2, 0.25) is 6.33 Å². The van der Waals surface area contributed by atoms with E-state index in [0.29, 0.717) is 10.7 Å². The average molecular weight is 181 g/mol. The first kappa shape index (κ1) is 7.17. The minimum Gasteiger partial charge on any atom is -0.261 e. The molecule has 59 valence electrons. The number of aromatic nitrogens is 5. The van der Waals surface area contributed by atoms with E-state index in [4.69, 9.17) is 11.6 Å². The summed E-state index contributed by atoms with van der Waals surface area (Å²) in [5.41, 5.74) is 0.688. The zero-order valence-corrected chi connectivity index (χ0v) is 6.60. The van der Waals surface area contributed by atoms with Crippen LogP contribution in [0.2, 0.25) is 5.02 Å². The van der Waals surface area contributed by atoms with Gasteiger partial charge in [-0.15, -0.1) is 5.10 Å². The summed E-state index contributed by atoms with van der Waals surface area (Å²) in [5.74, 6) is 0. The van der Waals surface area contributed by atoms with E-state index in [1.165, 1.54) is 10.9 Å². The summed E-state index contributed by atoms with van der Waals surface area (Å²) in [6.07, 6.45) is 5.66. The molecule has 2 rings (SSSR count). The largest absolute Gasteiger partial charge is 0.261 e. The Morgan fingerprint density at radius 3 is 3.00 bits per heavy atom. The van der Waals surface area contributed by atoms with Crippen molar-refractivity contribution in [1.82, 2.24) is 25.2 Å². The van der Waals surface area contributed by atoms with Crippen LogP contribution < -0.4 is 0 Å². The minimum absolute atomic E-state index is 0.538.